The highest BCUT2D eigenvalue weighted by Gasteiger charge is 2.28. The summed E-state index contributed by atoms with van der Waals surface area (Å²) >= 11 is 0. The van der Waals surface area contributed by atoms with Crippen molar-refractivity contribution in [3.8, 4) is 0 Å². The number of amides is 1. The van der Waals surface area contributed by atoms with E-state index in [-0.39, 0.29) is 5.91 Å². The maximum absolute atomic E-state index is 11.3. The normalized spacial score (nSPS) is 18.5. The summed E-state index contributed by atoms with van der Waals surface area (Å²) in [4.78, 5) is 11.3. The van der Waals surface area contributed by atoms with Crippen molar-refractivity contribution in [2.24, 2.45) is 5.92 Å². The van der Waals surface area contributed by atoms with Crippen LogP contribution >= 0.6 is 0 Å². The minimum Gasteiger partial charge on any atom is -0.385 e. The molecule has 1 aromatic carbocycles. The van der Waals surface area contributed by atoms with Crippen molar-refractivity contribution < 1.29 is 9.90 Å². The zero-order chi connectivity index (χ0) is 16.0. The minimum atomic E-state index is -1.30. The van der Waals surface area contributed by atoms with E-state index in [2.05, 4.69) is 10.6 Å². The van der Waals surface area contributed by atoms with E-state index in [9.17, 15) is 9.90 Å². The van der Waals surface area contributed by atoms with Crippen LogP contribution in [0.25, 0.3) is 0 Å². The Morgan fingerprint density at radius 1 is 1.32 bits per heavy atom. The molecule has 22 heavy (non-hydrogen) atoms. The predicted octanol–water partition coefficient (Wildman–Crippen LogP) is 3.37. The van der Waals surface area contributed by atoms with Crippen LogP contribution in [0, 0.1) is 5.92 Å². The highest BCUT2D eigenvalue weighted by atomic mass is 16.3. The van der Waals surface area contributed by atoms with Gasteiger partial charge in [-0.25, -0.2) is 0 Å². The smallest absolute Gasteiger partial charge is 0.219 e. The van der Waals surface area contributed by atoms with Crippen molar-refractivity contribution in [1.29, 1.82) is 0 Å². The molecule has 122 valence electrons. The topological polar surface area (TPSA) is 61.4 Å². The van der Waals surface area contributed by atoms with Crippen LogP contribution in [0.5, 0.6) is 0 Å². The Bertz CT molecular complexity index is 498. The van der Waals surface area contributed by atoms with E-state index in [1.54, 1.807) is 0 Å². The van der Waals surface area contributed by atoms with Crippen LogP contribution < -0.4 is 10.6 Å². The van der Waals surface area contributed by atoms with Crippen LogP contribution in [0.4, 0.5) is 5.69 Å². The number of anilines is 1. The average Bonchev–Trinajstić information content (AvgIpc) is 2.53. The van der Waals surface area contributed by atoms with Gasteiger partial charge in [-0.05, 0) is 37.3 Å². The second kappa shape index (κ2) is 7.63. The maximum atomic E-state index is 11.3. The summed E-state index contributed by atoms with van der Waals surface area (Å²) in [5.41, 5.74) is 0.424. The lowest BCUT2D eigenvalue weighted by molar-refractivity contribution is -0.127. The standard InChI is InChI=1S/C18H28N2O2/c1-3-18(22,20-14(2)21)16-10-7-11-17(12-16)19-13-15-8-5-4-6-9-15/h7,10-12,15,19,22H,3-6,8-9,13H2,1-2H3,(H,20,21). The molecule has 4 heteroatoms. The van der Waals surface area contributed by atoms with E-state index < -0.39 is 5.72 Å². The third-order valence-corrected chi connectivity index (χ3v) is 4.55. The van der Waals surface area contributed by atoms with Crippen molar-refractivity contribution >= 4 is 11.6 Å². The molecule has 0 spiro atoms. The van der Waals surface area contributed by atoms with Crippen LogP contribution in [0.3, 0.4) is 0 Å². The summed E-state index contributed by atoms with van der Waals surface area (Å²) in [5.74, 6) is 0.516. The summed E-state index contributed by atoms with van der Waals surface area (Å²) in [6, 6.07) is 7.71. The lowest BCUT2D eigenvalue weighted by atomic mass is 9.89. The molecule has 4 nitrogen and oxygen atoms in total. The lowest BCUT2D eigenvalue weighted by Gasteiger charge is -2.28. The highest BCUT2D eigenvalue weighted by Crippen LogP contribution is 2.26. The van der Waals surface area contributed by atoms with Gasteiger partial charge in [-0.1, -0.05) is 38.3 Å². The van der Waals surface area contributed by atoms with E-state index in [0.717, 1.165) is 23.7 Å². The minimum absolute atomic E-state index is 0.232. The van der Waals surface area contributed by atoms with Crippen molar-refractivity contribution in [2.75, 3.05) is 11.9 Å². The number of benzene rings is 1. The molecule has 0 heterocycles. The van der Waals surface area contributed by atoms with Gasteiger partial charge in [0.15, 0.2) is 5.72 Å². The lowest BCUT2D eigenvalue weighted by Crippen LogP contribution is -2.44. The third-order valence-electron chi connectivity index (χ3n) is 4.55. The van der Waals surface area contributed by atoms with E-state index in [1.807, 2.05) is 31.2 Å². The molecule has 0 bridgehead atoms. The van der Waals surface area contributed by atoms with E-state index in [0.29, 0.717) is 6.42 Å². The van der Waals surface area contributed by atoms with Crippen LogP contribution in [0.1, 0.15) is 57.9 Å². The van der Waals surface area contributed by atoms with Crippen molar-refractivity contribution in [3.05, 3.63) is 29.8 Å². The van der Waals surface area contributed by atoms with Crippen molar-refractivity contribution in [1.82, 2.24) is 5.32 Å². The molecule has 0 saturated heterocycles. The Morgan fingerprint density at radius 3 is 2.68 bits per heavy atom. The van der Waals surface area contributed by atoms with Gasteiger partial charge in [0.05, 0.1) is 0 Å². The van der Waals surface area contributed by atoms with Gasteiger partial charge in [-0.3, -0.25) is 4.79 Å². The van der Waals surface area contributed by atoms with Gasteiger partial charge < -0.3 is 15.7 Å². The highest BCUT2D eigenvalue weighted by molar-refractivity contribution is 5.74. The van der Waals surface area contributed by atoms with Gasteiger partial charge in [-0.2, -0.15) is 0 Å². The summed E-state index contributed by atoms with van der Waals surface area (Å²) in [6.45, 7) is 4.26. The zero-order valence-electron chi connectivity index (χ0n) is 13.7. The number of hydrogen-bond acceptors (Lipinski definition) is 3. The molecular weight excluding hydrogens is 276 g/mol. The molecule has 0 aromatic heterocycles. The van der Waals surface area contributed by atoms with Gasteiger partial charge in [0.1, 0.15) is 0 Å². The van der Waals surface area contributed by atoms with Crippen molar-refractivity contribution in [3.63, 3.8) is 0 Å². The molecule has 0 radical (unpaired) electrons. The first-order valence-electron chi connectivity index (χ1n) is 8.39. The number of carbonyl (C=O) groups is 1. The Morgan fingerprint density at radius 2 is 2.05 bits per heavy atom. The van der Waals surface area contributed by atoms with Gasteiger partial charge >= 0.3 is 0 Å². The number of aliphatic hydroxyl groups is 1. The molecule has 1 amide bonds. The molecule has 0 aliphatic heterocycles. The van der Waals surface area contributed by atoms with Crippen LogP contribution in [0.15, 0.2) is 24.3 Å². The molecule has 1 aromatic rings. The van der Waals surface area contributed by atoms with Crippen molar-refractivity contribution in [2.45, 2.75) is 58.1 Å². The fourth-order valence-electron chi connectivity index (χ4n) is 3.20. The molecule has 1 atom stereocenters. The average molecular weight is 304 g/mol. The molecule has 1 aliphatic rings. The molecular formula is C18H28N2O2. The number of carbonyl (C=O) groups excluding carboxylic acids is 1. The quantitative estimate of drug-likeness (QED) is 0.706. The Kier molecular flexibility index (Phi) is 5.83. The van der Waals surface area contributed by atoms with Gasteiger partial charge in [0, 0.05) is 24.7 Å². The second-order valence-electron chi connectivity index (χ2n) is 6.36. The molecule has 1 saturated carbocycles. The molecule has 1 aliphatic carbocycles. The summed E-state index contributed by atoms with van der Waals surface area (Å²) in [7, 11) is 0. The molecule has 1 fully saturated rings. The Balaban J connectivity index is 2.03. The summed E-state index contributed by atoms with van der Waals surface area (Å²) in [6.07, 6.45) is 7.08. The van der Waals surface area contributed by atoms with E-state index in [4.69, 9.17) is 0 Å². The predicted molar refractivity (Wildman–Crippen MR) is 89.5 cm³/mol. The van der Waals surface area contributed by atoms with Gasteiger partial charge in [0.2, 0.25) is 5.91 Å². The Hall–Kier alpha value is -1.55. The fourth-order valence-corrected chi connectivity index (χ4v) is 3.20. The molecule has 2 rings (SSSR count). The number of nitrogens with one attached hydrogen (secondary N) is 2. The first-order chi connectivity index (χ1) is 10.5. The fraction of sp³-hybridized carbons (Fsp3) is 0.611. The van der Waals surface area contributed by atoms with E-state index >= 15 is 0 Å². The Labute approximate surface area is 133 Å². The van der Waals surface area contributed by atoms with Crippen LogP contribution in [-0.2, 0) is 10.5 Å². The summed E-state index contributed by atoms with van der Waals surface area (Å²) < 4.78 is 0. The van der Waals surface area contributed by atoms with Gasteiger partial charge in [-0.15, -0.1) is 0 Å². The largest absolute Gasteiger partial charge is 0.385 e. The number of rotatable bonds is 6. The van der Waals surface area contributed by atoms with Crippen LogP contribution in [-0.4, -0.2) is 17.6 Å². The summed E-state index contributed by atoms with van der Waals surface area (Å²) in [5, 5.41) is 16.8. The first kappa shape index (κ1) is 16.8. The number of hydrogen-bond donors (Lipinski definition) is 3. The van der Waals surface area contributed by atoms with Crippen LogP contribution in [0.2, 0.25) is 0 Å². The molecule has 1 unspecified atom stereocenters. The van der Waals surface area contributed by atoms with Gasteiger partial charge in [0.25, 0.3) is 0 Å². The van der Waals surface area contributed by atoms with E-state index in [1.165, 1.54) is 39.0 Å². The molecule has 3 N–H and O–H groups in total. The third kappa shape index (κ3) is 4.47. The maximum Gasteiger partial charge on any atom is 0.219 e. The monoisotopic (exact) mass is 304 g/mol. The SMILES string of the molecule is CCC(O)(NC(C)=O)c1cccc(NCC2CCCCC2)c1. The zero-order valence-corrected chi connectivity index (χ0v) is 13.7. The first-order valence-corrected chi connectivity index (χ1v) is 8.39. The second-order valence-corrected chi connectivity index (χ2v) is 6.36.